The molecule has 0 radical (unpaired) electrons. The van der Waals surface area contributed by atoms with E-state index < -0.39 is 12.8 Å². The fourth-order valence-corrected chi connectivity index (χ4v) is 2.76. The number of carbonyl (C=O) groups is 1. The van der Waals surface area contributed by atoms with Crippen molar-refractivity contribution in [2.75, 3.05) is 33.9 Å². The number of aliphatic imine (C=N–C) groups is 1. The van der Waals surface area contributed by atoms with Gasteiger partial charge in [0.1, 0.15) is 0 Å². The lowest BCUT2D eigenvalue weighted by molar-refractivity contribution is -0.154. The smallest absolute Gasteiger partial charge is 0.422 e. The largest absolute Gasteiger partial charge is 0.469 e. The molecular weight excluding hydrogens is 365 g/mol. The number of nitrogens with zero attached hydrogens (tertiary/aromatic N) is 3. The highest BCUT2D eigenvalue weighted by Gasteiger charge is 2.29. The Morgan fingerprint density at radius 2 is 2.07 bits per heavy atom. The quantitative estimate of drug-likeness (QED) is 0.472. The van der Waals surface area contributed by atoms with Crippen LogP contribution in [0.3, 0.4) is 0 Å². The number of halogens is 3. The first-order valence-corrected chi connectivity index (χ1v) is 8.50. The molecule has 0 amide bonds. The number of piperidine rings is 1. The Kier molecular flexibility index (Phi) is 7.26. The number of nitrogens with one attached hydrogen (secondary N) is 1. The predicted octanol–water partition coefficient (Wildman–Crippen LogP) is 1.98. The van der Waals surface area contributed by atoms with Crippen molar-refractivity contribution in [1.29, 1.82) is 0 Å². The van der Waals surface area contributed by atoms with Gasteiger partial charge in [-0.3, -0.25) is 9.79 Å². The summed E-state index contributed by atoms with van der Waals surface area (Å²) < 4.78 is 45.7. The summed E-state index contributed by atoms with van der Waals surface area (Å²) in [6, 6.07) is 3.04. The van der Waals surface area contributed by atoms with E-state index in [4.69, 9.17) is 4.74 Å². The minimum absolute atomic E-state index is 0.0784. The number of carbonyl (C=O) groups excluding carboxylic acids is 1. The third-order valence-electron chi connectivity index (χ3n) is 4.17. The van der Waals surface area contributed by atoms with E-state index >= 15 is 0 Å². The lowest BCUT2D eigenvalue weighted by atomic mass is 9.97. The molecule has 1 fully saturated rings. The highest BCUT2D eigenvalue weighted by atomic mass is 19.4. The minimum Gasteiger partial charge on any atom is -0.469 e. The molecule has 0 bridgehead atoms. The van der Waals surface area contributed by atoms with E-state index in [0.717, 1.165) is 5.56 Å². The van der Waals surface area contributed by atoms with Crippen LogP contribution >= 0.6 is 0 Å². The van der Waals surface area contributed by atoms with E-state index in [-0.39, 0.29) is 17.8 Å². The standard InChI is InChI=1S/C17H23F3N4O3/c1-21-16(24-7-5-13(6-8-24)15(25)26-2)23-10-12-3-4-14(22-9-12)27-11-17(18,19)20/h3-4,9,13H,5-8,10-11H2,1-2H3,(H,21,23). The van der Waals surface area contributed by atoms with Gasteiger partial charge in [0.2, 0.25) is 5.88 Å². The number of methoxy groups -OCH3 is 1. The Morgan fingerprint density at radius 1 is 1.37 bits per heavy atom. The summed E-state index contributed by atoms with van der Waals surface area (Å²) in [5, 5.41) is 3.19. The number of guanidine groups is 1. The van der Waals surface area contributed by atoms with Crippen molar-refractivity contribution >= 4 is 11.9 Å². The topological polar surface area (TPSA) is 76.1 Å². The molecule has 0 saturated carbocycles. The molecule has 0 aliphatic carbocycles. The van der Waals surface area contributed by atoms with Gasteiger partial charge in [0, 0.05) is 38.9 Å². The van der Waals surface area contributed by atoms with Crippen LogP contribution in [0, 0.1) is 5.92 Å². The molecule has 2 heterocycles. The number of alkyl halides is 3. The maximum atomic E-state index is 12.1. The van der Waals surface area contributed by atoms with E-state index in [9.17, 15) is 18.0 Å². The van der Waals surface area contributed by atoms with Crippen LogP contribution in [-0.4, -0.2) is 61.8 Å². The third-order valence-corrected chi connectivity index (χ3v) is 4.17. The summed E-state index contributed by atoms with van der Waals surface area (Å²) in [7, 11) is 3.06. The Bertz CT molecular complexity index is 642. The molecule has 1 N–H and O–H groups in total. The van der Waals surface area contributed by atoms with Crippen molar-refractivity contribution in [3.05, 3.63) is 23.9 Å². The van der Waals surface area contributed by atoms with Gasteiger partial charge in [-0.2, -0.15) is 13.2 Å². The summed E-state index contributed by atoms with van der Waals surface area (Å²) in [6.45, 7) is 0.408. The summed E-state index contributed by atoms with van der Waals surface area (Å²) in [4.78, 5) is 21.7. The fourth-order valence-electron chi connectivity index (χ4n) is 2.76. The van der Waals surface area contributed by atoms with E-state index in [2.05, 4.69) is 20.0 Å². The first kappa shape index (κ1) is 20.8. The van der Waals surface area contributed by atoms with E-state index in [1.807, 2.05) is 4.90 Å². The fraction of sp³-hybridized carbons (Fsp3) is 0.588. The highest BCUT2D eigenvalue weighted by molar-refractivity contribution is 5.80. The van der Waals surface area contributed by atoms with Gasteiger partial charge in [0.05, 0.1) is 13.0 Å². The highest BCUT2D eigenvalue weighted by Crippen LogP contribution is 2.19. The number of ether oxygens (including phenoxy) is 2. The zero-order chi connectivity index (χ0) is 19.9. The number of esters is 1. The Morgan fingerprint density at radius 3 is 2.59 bits per heavy atom. The number of likely N-dealkylation sites (tertiary alicyclic amines) is 1. The minimum atomic E-state index is -4.39. The maximum absolute atomic E-state index is 12.1. The number of pyridine rings is 1. The Balaban J connectivity index is 1.81. The molecule has 1 saturated heterocycles. The van der Waals surface area contributed by atoms with Crippen molar-refractivity contribution in [3.8, 4) is 5.88 Å². The summed E-state index contributed by atoms with van der Waals surface area (Å²) in [6.07, 6.45) is -1.55. The van der Waals surface area contributed by atoms with Gasteiger partial charge in [-0.05, 0) is 18.4 Å². The molecule has 2 rings (SSSR count). The maximum Gasteiger partial charge on any atom is 0.422 e. The predicted molar refractivity (Wildman–Crippen MR) is 92.3 cm³/mol. The van der Waals surface area contributed by atoms with Crippen LogP contribution in [0.25, 0.3) is 0 Å². The lowest BCUT2D eigenvalue weighted by Gasteiger charge is -2.33. The Labute approximate surface area is 155 Å². The number of rotatable bonds is 5. The van der Waals surface area contributed by atoms with Gasteiger partial charge >= 0.3 is 12.1 Å². The summed E-state index contributed by atoms with van der Waals surface area (Å²) >= 11 is 0. The molecule has 0 spiro atoms. The molecule has 7 nitrogen and oxygen atoms in total. The second kappa shape index (κ2) is 9.43. The first-order valence-electron chi connectivity index (χ1n) is 8.50. The van der Waals surface area contributed by atoms with Crippen molar-refractivity contribution in [2.24, 2.45) is 10.9 Å². The van der Waals surface area contributed by atoms with E-state index in [0.29, 0.717) is 38.4 Å². The van der Waals surface area contributed by atoms with Crippen LogP contribution in [-0.2, 0) is 16.1 Å². The van der Waals surface area contributed by atoms with Crippen molar-refractivity contribution in [3.63, 3.8) is 0 Å². The first-order chi connectivity index (χ1) is 12.8. The SMILES string of the molecule is CN=C(NCc1ccc(OCC(F)(F)F)nc1)N1CCC(C(=O)OC)CC1. The normalized spacial score (nSPS) is 16.2. The van der Waals surface area contributed by atoms with Gasteiger partial charge in [0.15, 0.2) is 12.6 Å². The molecule has 27 heavy (non-hydrogen) atoms. The molecule has 0 unspecified atom stereocenters. The van der Waals surface area contributed by atoms with E-state index in [1.165, 1.54) is 19.4 Å². The molecule has 1 aromatic rings. The van der Waals surface area contributed by atoms with Crippen molar-refractivity contribution < 1.29 is 27.4 Å². The monoisotopic (exact) mass is 388 g/mol. The average Bonchev–Trinajstić information content (AvgIpc) is 2.67. The van der Waals surface area contributed by atoms with Crippen LogP contribution in [0.4, 0.5) is 13.2 Å². The second-order valence-corrected chi connectivity index (χ2v) is 6.09. The third kappa shape index (κ3) is 6.61. The molecule has 10 heteroatoms. The zero-order valence-electron chi connectivity index (χ0n) is 15.3. The molecule has 1 aliphatic rings. The van der Waals surface area contributed by atoms with Gasteiger partial charge in [-0.1, -0.05) is 6.07 Å². The van der Waals surface area contributed by atoms with Crippen LogP contribution in [0.15, 0.2) is 23.3 Å². The van der Waals surface area contributed by atoms with Gasteiger partial charge in [-0.25, -0.2) is 4.98 Å². The molecule has 150 valence electrons. The lowest BCUT2D eigenvalue weighted by Crippen LogP contribution is -2.46. The number of hydrogen-bond donors (Lipinski definition) is 1. The van der Waals surface area contributed by atoms with Crippen LogP contribution in [0.1, 0.15) is 18.4 Å². The Hall–Kier alpha value is -2.52. The molecule has 0 aromatic carbocycles. The summed E-state index contributed by atoms with van der Waals surface area (Å²) in [5.74, 6) is 0.343. The molecule has 1 aromatic heterocycles. The van der Waals surface area contributed by atoms with Crippen molar-refractivity contribution in [1.82, 2.24) is 15.2 Å². The number of hydrogen-bond acceptors (Lipinski definition) is 5. The second-order valence-electron chi connectivity index (χ2n) is 6.09. The van der Waals surface area contributed by atoms with Crippen LogP contribution in [0.2, 0.25) is 0 Å². The van der Waals surface area contributed by atoms with Gasteiger partial charge in [-0.15, -0.1) is 0 Å². The van der Waals surface area contributed by atoms with Crippen molar-refractivity contribution in [2.45, 2.75) is 25.6 Å². The molecular formula is C17H23F3N4O3. The van der Waals surface area contributed by atoms with Crippen LogP contribution in [0.5, 0.6) is 5.88 Å². The van der Waals surface area contributed by atoms with Crippen LogP contribution < -0.4 is 10.1 Å². The molecule has 0 atom stereocenters. The van der Waals surface area contributed by atoms with Gasteiger partial charge in [0.25, 0.3) is 0 Å². The zero-order valence-corrected chi connectivity index (χ0v) is 15.3. The van der Waals surface area contributed by atoms with E-state index in [1.54, 1.807) is 13.1 Å². The average molecular weight is 388 g/mol. The number of aromatic nitrogens is 1. The summed E-state index contributed by atoms with van der Waals surface area (Å²) in [5.41, 5.74) is 0.778. The molecule has 1 aliphatic heterocycles. The van der Waals surface area contributed by atoms with Gasteiger partial charge < -0.3 is 19.7 Å².